The molecule has 2 heterocycles. The zero-order chi connectivity index (χ0) is 11.7. The highest BCUT2D eigenvalue weighted by atomic mass is 16.6. The van der Waals surface area contributed by atoms with Crippen LogP contribution in [0.5, 0.6) is 5.75 Å². The Balaban J connectivity index is 2.19. The van der Waals surface area contributed by atoms with Crippen LogP contribution in [-0.4, -0.2) is 50.3 Å². The first-order chi connectivity index (χ1) is 7.63. The van der Waals surface area contributed by atoms with E-state index in [1.807, 2.05) is 0 Å². The zero-order valence-corrected chi connectivity index (χ0v) is 8.39. The van der Waals surface area contributed by atoms with Crippen molar-refractivity contribution in [2.75, 3.05) is 6.61 Å². The molecule has 6 heteroatoms. The van der Waals surface area contributed by atoms with Crippen molar-refractivity contribution in [1.82, 2.24) is 4.98 Å². The van der Waals surface area contributed by atoms with Crippen LogP contribution < -0.4 is 0 Å². The first-order valence-corrected chi connectivity index (χ1v) is 4.91. The molecule has 0 radical (unpaired) electrons. The number of aromatic nitrogens is 1. The highest BCUT2D eigenvalue weighted by molar-refractivity contribution is 5.21. The average molecular weight is 227 g/mol. The van der Waals surface area contributed by atoms with E-state index in [1.54, 1.807) is 0 Å². The number of aliphatic hydroxyl groups excluding tert-OH is 3. The lowest BCUT2D eigenvalue weighted by Gasteiger charge is -2.13. The minimum Gasteiger partial charge on any atom is -0.506 e. The van der Waals surface area contributed by atoms with Crippen molar-refractivity contribution in [3.8, 4) is 5.75 Å². The lowest BCUT2D eigenvalue weighted by molar-refractivity contribution is -0.0239. The number of aliphatic hydroxyl groups is 3. The molecule has 4 N–H and O–H groups in total. The van der Waals surface area contributed by atoms with E-state index in [0.29, 0.717) is 5.69 Å². The summed E-state index contributed by atoms with van der Waals surface area (Å²) in [7, 11) is 0. The summed E-state index contributed by atoms with van der Waals surface area (Å²) >= 11 is 0. The fourth-order valence-electron chi connectivity index (χ4n) is 1.71. The largest absolute Gasteiger partial charge is 0.506 e. The molecule has 16 heavy (non-hydrogen) atoms. The molecule has 1 saturated heterocycles. The molecule has 0 aromatic carbocycles. The van der Waals surface area contributed by atoms with Crippen LogP contribution >= 0.6 is 0 Å². The minimum atomic E-state index is -1.13. The molecule has 1 aromatic rings. The van der Waals surface area contributed by atoms with Gasteiger partial charge in [0.05, 0.1) is 18.5 Å². The van der Waals surface area contributed by atoms with Gasteiger partial charge in [-0.3, -0.25) is 4.98 Å². The number of hydrogen-bond acceptors (Lipinski definition) is 6. The van der Waals surface area contributed by atoms with E-state index in [1.165, 1.54) is 18.3 Å². The molecule has 1 aromatic heterocycles. The quantitative estimate of drug-likeness (QED) is 0.513. The molecular weight excluding hydrogens is 214 g/mol. The fourth-order valence-corrected chi connectivity index (χ4v) is 1.71. The van der Waals surface area contributed by atoms with Crippen LogP contribution in [0.2, 0.25) is 0 Å². The molecule has 0 spiro atoms. The Hall–Kier alpha value is -1.21. The number of pyridine rings is 1. The maximum atomic E-state index is 9.69. The van der Waals surface area contributed by atoms with Gasteiger partial charge in [-0.05, 0) is 12.1 Å². The Morgan fingerprint density at radius 3 is 2.50 bits per heavy atom. The van der Waals surface area contributed by atoms with E-state index in [9.17, 15) is 10.2 Å². The second kappa shape index (κ2) is 4.34. The molecular formula is C10H13NO5. The Bertz CT molecular complexity index is 355. The summed E-state index contributed by atoms with van der Waals surface area (Å²) in [6, 6.07) is 2.91. The van der Waals surface area contributed by atoms with Gasteiger partial charge >= 0.3 is 0 Å². The van der Waals surface area contributed by atoms with Crippen molar-refractivity contribution in [2.45, 2.75) is 24.4 Å². The molecule has 2 rings (SSSR count). The topological polar surface area (TPSA) is 103 Å². The summed E-state index contributed by atoms with van der Waals surface area (Å²) in [5.41, 5.74) is 0.403. The maximum Gasteiger partial charge on any atom is 0.133 e. The van der Waals surface area contributed by atoms with E-state index >= 15 is 0 Å². The molecule has 0 aliphatic carbocycles. The minimum absolute atomic E-state index is 0.00972. The van der Waals surface area contributed by atoms with E-state index in [0.717, 1.165) is 0 Å². The highest BCUT2D eigenvalue weighted by Gasteiger charge is 2.43. The third-order valence-electron chi connectivity index (χ3n) is 2.60. The van der Waals surface area contributed by atoms with Crippen molar-refractivity contribution in [1.29, 1.82) is 0 Å². The fraction of sp³-hybridized carbons (Fsp3) is 0.500. The van der Waals surface area contributed by atoms with Crippen LogP contribution in [0, 0.1) is 0 Å². The first-order valence-electron chi connectivity index (χ1n) is 4.91. The summed E-state index contributed by atoms with van der Waals surface area (Å²) in [5, 5.41) is 37.2. The number of ether oxygens (including phenoxy) is 1. The summed E-state index contributed by atoms with van der Waals surface area (Å²) in [4.78, 5) is 3.89. The predicted octanol–water partition coefficient (Wildman–Crippen LogP) is -1.06. The van der Waals surface area contributed by atoms with Gasteiger partial charge in [0.25, 0.3) is 0 Å². The van der Waals surface area contributed by atoms with E-state index in [2.05, 4.69) is 4.98 Å². The van der Waals surface area contributed by atoms with Crippen LogP contribution in [-0.2, 0) is 4.74 Å². The third kappa shape index (κ3) is 1.88. The van der Waals surface area contributed by atoms with Crippen molar-refractivity contribution in [2.24, 2.45) is 0 Å². The smallest absolute Gasteiger partial charge is 0.133 e. The molecule has 1 fully saturated rings. The second-order valence-corrected chi connectivity index (χ2v) is 3.70. The van der Waals surface area contributed by atoms with Gasteiger partial charge in [0.1, 0.15) is 30.2 Å². The normalized spacial score (nSPS) is 34.2. The average Bonchev–Trinajstić information content (AvgIpc) is 2.57. The number of nitrogens with zero attached hydrogens (tertiary/aromatic N) is 1. The van der Waals surface area contributed by atoms with Gasteiger partial charge < -0.3 is 25.2 Å². The molecule has 0 amide bonds. The van der Waals surface area contributed by atoms with Crippen molar-refractivity contribution in [3.05, 3.63) is 24.0 Å². The summed E-state index contributed by atoms with van der Waals surface area (Å²) in [6.07, 6.45) is -2.63. The molecule has 1 aliphatic heterocycles. The van der Waals surface area contributed by atoms with Crippen LogP contribution in [0.15, 0.2) is 18.3 Å². The summed E-state index contributed by atoms with van der Waals surface area (Å²) in [6.45, 7) is -0.368. The van der Waals surface area contributed by atoms with Gasteiger partial charge in [-0.25, -0.2) is 0 Å². The number of hydrogen-bond donors (Lipinski definition) is 4. The monoisotopic (exact) mass is 227 g/mol. The Morgan fingerprint density at radius 2 is 2.00 bits per heavy atom. The maximum absolute atomic E-state index is 9.69. The molecule has 0 bridgehead atoms. The van der Waals surface area contributed by atoms with Gasteiger partial charge in [-0.15, -0.1) is 0 Å². The van der Waals surface area contributed by atoms with Gasteiger partial charge in [0, 0.05) is 0 Å². The number of rotatable bonds is 2. The van der Waals surface area contributed by atoms with Crippen LogP contribution in [0.3, 0.4) is 0 Å². The molecule has 0 saturated carbocycles. The molecule has 1 aliphatic rings. The van der Waals surface area contributed by atoms with Gasteiger partial charge in [0.2, 0.25) is 0 Å². The zero-order valence-electron chi connectivity index (χ0n) is 8.39. The lowest BCUT2D eigenvalue weighted by Crippen LogP contribution is -2.32. The second-order valence-electron chi connectivity index (χ2n) is 3.70. The number of aromatic hydroxyl groups is 1. The van der Waals surface area contributed by atoms with Crippen LogP contribution in [0.1, 0.15) is 11.8 Å². The lowest BCUT2D eigenvalue weighted by atomic mass is 10.1. The first kappa shape index (κ1) is 11.3. The molecule has 88 valence electrons. The van der Waals surface area contributed by atoms with Crippen LogP contribution in [0.25, 0.3) is 0 Å². The van der Waals surface area contributed by atoms with E-state index < -0.39 is 24.4 Å². The van der Waals surface area contributed by atoms with Crippen molar-refractivity contribution in [3.63, 3.8) is 0 Å². The Morgan fingerprint density at radius 1 is 1.25 bits per heavy atom. The molecule has 0 unspecified atom stereocenters. The van der Waals surface area contributed by atoms with Gasteiger partial charge in [0.15, 0.2) is 0 Å². The Labute approximate surface area is 91.8 Å². The Kier molecular flexibility index (Phi) is 3.06. The third-order valence-corrected chi connectivity index (χ3v) is 2.60. The van der Waals surface area contributed by atoms with Crippen molar-refractivity contribution >= 4 is 0 Å². The van der Waals surface area contributed by atoms with Crippen molar-refractivity contribution < 1.29 is 25.2 Å². The van der Waals surface area contributed by atoms with E-state index in [4.69, 9.17) is 14.9 Å². The van der Waals surface area contributed by atoms with Crippen LogP contribution in [0.4, 0.5) is 0 Å². The summed E-state index contributed by atoms with van der Waals surface area (Å²) < 4.78 is 5.27. The standard InChI is InChI=1S/C10H13NO5/c12-4-7-8(14)9(15)10(16-7)6-2-1-5(13)3-11-6/h1-3,7-10,12-15H,4H2/t7-,8-,9-,10+/m1/s1. The summed E-state index contributed by atoms with van der Waals surface area (Å²) in [5.74, 6) is 0.00972. The van der Waals surface area contributed by atoms with E-state index in [-0.39, 0.29) is 12.4 Å². The molecule has 4 atom stereocenters. The predicted molar refractivity (Wildman–Crippen MR) is 52.6 cm³/mol. The van der Waals surface area contributed by atoms with Gasteiger partial charge in [-0.2, -0.15) is 0 Å². The highest BCUT2D eigenvalue weighted by Crippen LogP contribution is 2.32. The van der Waals surface area contributed by atoms with Gasteiger partial charge in [-0.1, -0.05) is 0 Å². The SMILES string of the molecule is OC[C@H]1O[C@@H](c2ccc(O)cn2)[C@H](O)[C@@H]1O. The molecule has 6 nitrogen and oxygen atoms in total.